The minimum atomic E-state index is -0.355. The van der Waals surface area contributed by atoms with Gasteiger partial charge in [-0.05, 0) is 12.5 Å². The van der Waals surface area contributed by atoms with Crippen LogP contribution in [0.15, 0.2) is 18.3 Å². The predicted octanol–water partition coefficient (Wildman–Crippen LogP) is 1.60. The molecule has 4 nitrogen and oxygen atoms in total. The summed E-state index contributed by atoms with van der Waals surface area (Å²) in [6.45, 7) is 2.55. The minimum Gasteiger partial charge on any atom is -0.337 e. The zero-order valence-corrected chi connectivity index (χ0v) is 6.91. The second-order valence-corrected chi connectivity index (χ2v) is 2.45. The molecule has 4 heteroatoms. The summed E-state index contributed by atoms with van der Waals surface area (Å²) in [6.07, 6.45) is 2.31. The highest BCUT2D eigenvalue weighted by Gasteiger charge is 2.07. The van der Waals surface area contributed by atoms with Gasteiger partial charge in [-0.15, -0.1) is 0 Å². The van der Waals surface area contributed by atoms with Gasteiger partial charge in [0, 0.05) is 18.8 Å². The number of nitrogens with one attached hydrogen (secondary N) is 1. The maximum absolute atomic E-state index is 11.1. The molecule has 0 atom stereocenters. The summed E-state index contributed by atoms with van der Waals surface area (Å²) in [4.78, 5) is 11.1. The van der Waals surface area contributed by atoms with Crippen LogP contribution in [0.3, 0.4) is 0 Å². The van der Waals surface area contributed by atoms with Gasteiger partial charge in [0.15, 0.2) is 0 Å². The Morgan fingerprint density at radius 3 is 2.92 bits per heavy atom. The van der Waals surface area contributed by atoms with Crippen molar-refractivity contribution in [2.24, 2.45) is 0 Å². The Hall–Kier alpha value is -1.45. The van der Waals surface area contributed by atoms with Gasteiger partial charge >= 0.3 is 6.03 Å². The first-order chi connectivity index (χ1) is 5.75. The molecule has 0 saturated heterocycles. The topological polar surface area (TPSA) is 53.9 Å². The molecule has 1 radical (unpaired) electrons. The SMILES string of the molecule is CCCNC(=O)n1cccc1[O]. The summed E-state index contributed by atoms with van der Waals surface area (Å²) in [5, 5.41) is 13.5. The summed E-state index contributed by atoms with van der Waals surface area (Å²) < 4.78 is 1.05. The molecule has 0 aliphatic heterocycles. The smallest absolute Gasteiger partial charge is 0.328 e. The van der Waals surface area contributed by atoms with E-state index in [2.05, 4.69) is 5.32 Å². The number of carbonyl (C=O) groups is 1. The molecule has 1 N–H and O–H groups in total. The lowest BCUT2D eigenvalue weighted by Crippen LogP contribution is -2.28. The van der Waals surface area contributed by atoms with E-state index in [1.165, 1.54) is 12.3 Å². The maximum atomic E-state index is 11.1. The second kappa shape index (κ2) is 3.80. The van der Waals surface area contributed by atoms with E-state index in [0.717, 1.165) is 11.0 Å². The van der Waals surface area contributed by atoms with Crippen molar-refractivity contribution in [2.75, 3.05) is 6.54 Å². The molecule has 0 bridgehead atoms. The summed E-state index contributed by atoms with van der Waals surface area (Å²) in [7, 11) is 0. The molecule has 1 rings (SSSR count). The van der Waals surface area contributed by atoms with E-state index >= 15 is 0 Å². The van der Waals surface area contributed by atoms with Crippen LogP contribution in [0.5, 0.6) is 5.88 Å². The fourth-order valence-electron chi connectivity index (χ4n) is 0.850. The van der Waals surface area contributed by atoms with Crippen LogP contribution in [-0.4, -0.2) is 17.1 Å². The Balaban J connectivity index is 2.59. The number of amides is 1. The molecular formula is C8H11N2O2. The van der Waals surface area contributed by atoms with Gasteiger partial charge in [-0.3, -0.25) is 5.11 Å². The van der Waals surface area contributed by atoms with Crippen LogP contribution in [0.4, 0.5) is 4.79 Å². The lowest BCUT2D eigenvalue weighted by atomic mass is 10.5. The molecule has 1 amide bonds. The van der Waals surface area contributed by atoms with E-state index in [1.807, 2.05) is 6.92 Å². The Bertz CT molecular complexity index is 268. The standard InChI is InChI=1S/C8H11N2O2/c1-2-5-9-8(12)10-6-3-4-7(10)11/h3-4,6H,2,5H2,1H3,(H,9,12). The molecule has 1 aromatic heterocycles. The quantitative estimate of drug-likeness (QED) is 0.714. The fraction of sp³-hybridized carbons (Fsp3) is 0.375. The molecule has 1 heterocycles. The Labute approximate surface area is 70.8 Å². The van der Waals surface area contributed by atoms with Gasteiger partial charge in [0.2, 0.25) is 0 Å². The van der Waals surface area contributed by atoms with Gasteiger partial charge in [0.25, 0.3) is 5.88 Å². The summed E-state index contributed by atoms with van der Waals surface area (Å²) in [5.74, 6) is -0.288. The summed E-state index contributed by atoms with van der Waals surface area (Å²) in [5.41, 5.74) is 0. The largest absolute Gasteiger partial charge is 0.337 e. The molecular weight excluding hydrogens is 156 g/mol. The van der Waals surface area contributed by atoms with Crippen molar-refractivity contribution in [2.45, 2.75) is 13.3 Å². The maximum Gasteiger partial charge on any atom is 0.328 e. The first-order valence-electron chi connectivity index (χ1n) is 3.88. The van der Waals surface area contributed by atoms with Crippen molar-refractivity contribution < 1.29 is 9.90 Å². The lowest BCUT2D eigenvalue weighted by molar-refractivity contribution is 0.235. The molecule has 0 aromatic carbocycles. The number of carbonyl (C=O) groups excluding carboxylic acids is 1. The fourth-order valence-corrected chi connectivity index (χ4v) is 0.850. The van der Waals surface area contributed by atoms with Crippen molar-refractivity contribution >= 4 is 6.03 Å². The third-order valence-corrected chi connectivity index (χ3v) is 1.46. The molecule has 1 aromatic rings. The zero-order chi connectivity index (χ0) is 8.97. The predicted molar refractivity (Wildman–Crippen MR) is 43.7 cm³/mol. The molecule has 0 saturated carbocycles. The van der Waals surface area contributed by atoms with Gasteiger partial charge in [-0.2, -0.15) is 0 Å². The van der Waals surface area contributed by atoms with Gasteiger partial charge < -0.3 is 5.32 Å². The number of nitrogens with zero attached hydrogens (tertiary/aromatic N) is 1. The Kier molecular flexibility index (Phi) is 2.74. The van der Waals surface area contributed by atoms with E-state index in [1.54, 1.807) is 6.07 Å². The first-order valence-corrected chi connectivity index (χ1v) is 3.88. The van der Waals surface area contributed by atoms with Crippen LogP contribution in [0.2, 0.25) is 0 Å². The Morgan fingerprint density at radius 2 is 2.42 bits per heavy atom. The highest BCUT2D eigenvalue weighted by molar-refractivity contribution is 5.78. The first kappa shape index (κ1) is 8.64. The highest BCUT2D eigenvalue weighted by Crippen LogP contribution is 2.08. The van der Waals surface area contributed by atoms with Crippen LogP contribution in [-0.2, 0) is 5.11 Å². The molecule has 12 heavy (non-hydrogen) atoms. The summed E-state index contributed by atoms with van der Waals surface area (Å²) in [6, 6.07) is 2.55. The molecule has 0 unspecified atom stereocenters. The monoisotopic (exact) mass is 167 g/mol. The van der Waals surface area contributed by atoms with Gasteiger partial charge in [-0.1, -0.05) is 6.92 Å². The zero-order valence-electron chi connectivity index (χ0n) is 6.91. The molecule has 0 spiro atoms. The number of rotatable bonds is 2. The van der Waals surface area contributed by atoms with Gasteiger partial charge in [0.1, 0.15) is 0 Å². The second-order valence-electron chi connectivity index (χ2n) is 2.45. The van der Waals surface area contributed by atoms with Crippen LogP contribution in [0.25, 0.3) is 0 Å². The van der Waals surface area contributed by atoms with Crippen LogP contribution >= 0.6 is 0 Å². The van der Waals surface area contributed by atoms with Gasteiger partial charge in [0.05, 0.1) is 0 Å². The van der Waals surface area contributed by atoms with Crippen molar-refractivity contribution in [1.29, 1.82) is 0 Å². The highest BCUT2D eigenvalue weighted by atomic mass is 16.3. The van der Waals surface area contributed by atoms with E-state index in [4.69, 9.17) is 0 Å². The van der Waals surface area contributed by atoms with Gasteiger partial charge in [-0.25, -0.2) is 9.36 Å². The van der Waals surface area contributed by atoms with Crippen molar-refractivity contribution in [3.05, 3.63) is 18.3 Å². The third-order valence-electron chi connectivity index (χ3n) is 1.46. The van der Waals surface area contributed by atoms with E-state index in [0.29, 0.717) is 6.54 Å². The molecule has 0 aliphatic rings. The average Bonchev–Trinajstić information content (AvgIpc) is 2.47. The lowest BCUT2D eigenvalue weighted by Gasteiger charge is -2.03. The van der Waals surface area contributed by atoms with Crippen molar-refractivity contribution in [3.8, 4) is 5.88 Å². The summed E-state index contributed by atoms with van der Waals surface area (Å²) >= 11 is 0. The average molecular weight is 167 g/mol. The van der Waals surface area contributed by atoms with Crippen LogP contribution in [0, 0.1) is 0 Å². The number of hydrogen-bond acceptors (Lipinski definition) is 1. The van der Waals surface area contributed by atoms with E-state index in [9.17, 15) is 9.90 Å². The Morgan fingerprint density at radius 1 is 1.67 bits per heavy atom. The molecule has 0 fully saturated rings. The molecule has 0 aliphatic carbocycles. The molecule has 65 valence electrons. The van der Waals surface area contributed by atoms with Crippen LogP contribution in [0.1, 0.15) is 13.3 Å². The van der Waals surface area contributed by atoms with E-state index in [-0.39, 0.29) is 11.9 Å². The number of aromatic nitrogens is 1. The van der Waals surface area contributed by atoms with Crippen LogP contribution < -0.4 is 5.32 Å². The minimum absolute atomic E-state index is 0.288. The number of hydrogen-bond donors (Lipinski definition) is 1. The normalized spacial score (nSPS) is 9.75. The van der Waals surface area contributed by atoms with E-state index < -0.39 is 0 Å². The van der Waals surface area contributed by atoms with Crippen molar-refractivity contribution in [3.63, 3.8) is 0 Å². The third kappa shape index (κ3) is 1.78. The van der Waals surface area contributed by atoms with Crippen molar-refractivity contribution in [1.82, 2.24) is 9.88 Å².